The lowest BCUT2D eigenvalue weighted by Gasteiger charge is -2.32. The lowest BCUT2D eigenvalue weighted by molar-refractivity contribution is -0.152. The number of pyridine rings is 1. The molecule has 1 atom stereocenters. The van der Waals surface area contributed by atoms with E-state index >= 15 is 0 Å². The predicted molar refractivity (Wildman–Crippen MR) is 176 cm³/mol. The zero-order chi connectivity index (χ0) is 32.6. The van der Waals surface area contributed by atoms with Crippen LogP contribution in [0.3, 0.4) is 0 Å². The number of nitrogens with zero attached hydrogens (tertiary/aromatic N) is 3. The molecule has 11 nitrogen and oxygen atoms in total. The van der Waals surface area contributed by atoms with E-state index in [1.807, 2.05) is 74.6 Å². The molecule has 1 unspecified atom stereocenters. The third-order valence-electron chi connectivity index (χ3n) is 8.65. The average Bonchev–Trinajstić information content (AvgIpc) is 3.48. The second-order valence-electron chi connectivity index (χ2n) is 13.1. The van der Waals surface area contributed by atoms with Gasteiger partial charge in [0.25, 0.3) is 0 Å². The Kier molecular flexibility index (Phi) is 8.56. The molecule has 1 fully saturated rings. The van der Waals surface area contributed by atoms with E-state index in [0.29, 0.717) is 44.1 Å². The average molecular weight is 645 g/mol. The number of hydrogen-bond donors (Lipinski definition) is 2. The summed E-state index contributed by atoms with van der Waals surface area (Å²) < 4.78 is 10.9. The highest BCUT2D eigenvalue weighted by Gasteiger charge is 2.51. The predicted octanol–water partition coefficient (Wildman–Crippen LogP) is 4.07. The third-order valence-corrected chi connectivity index (χ3v) is 9.35. The first-order chi connectivity index (χ1) is 21.9. The summed E-state index contributed by atoms with van der Waals surface area (Å²) in [5.74, 6) is -0.246. The van der Waals surface area contributed by atoms with Gasteiger partial charge in [0, 0.05) is 37.6 Å². The van der Waals surface area contributed by atoms with Crippen LogP contribution >= 0.6 is 7.49 Å². The van der Waals surface area contributed by atoms with E-state index in [0.717, 1.165) is 27.8 Å². The van der Waals surface area contributed by atoms with Gasteiger partial charge >= 0.3 is 6.09 Å². The van der Waals surface area contributed by atoms with Crippen molar-refractivity contribution in [3.05, 3.63) is 88.6 Å². The zero-order valence-electron chi connectivity index (χ0n) is 26.5. The van der Waals surface area contributed by atoms with Crippen LogP contribution < -0.4 is 10.6 Å². The molecule has 1 saturated heterocycles. The lowest BCUT2D eigenvalue weighted by atomic mass is 9.79. The maximum Gasteiger partial charge on any atom is 0.447 e. The van der Waals surface area contributed by atoms with E-state index in [2.05, 4.69) is 15.6 Å². The molecule has 3 aliphatic rings. The van der Waals surface area contributed by atoms with Crippen molar-refractivity contribution in [1.82, 2.24) is 14.8 Å². The van der Waals surface area contributed by atoms with Crippen LogP contribution in [0.4, 0.5) is 16.3 Å². The molecule has 4 amide bonds. The van der Waals surface area contributed by atoms with Crippen molar-refractivity contribution in [3.8, 4) is 0 Å². The fourth-order valence-corrected chi connectivity index (χ4v) is 6.87. The number of hydrogen-bond acceptors (Lipinski definition) is 7. The highest BCUT2D eigenvalue weighted by atomic mass is 31.2. The minimum atomic E-state index is -1.78. The Balaban J connectivity index is 1.15. The molecule has 46 heavy (non-hydrogen) atoms. The Labute approximate surface area is 269 Å². The molecule has 1 spiro atoms. The molecular formula is C34H39N5O6P+. The second-order valence-corrected chi connectivity index (χ2v) is 17.1. The summed E-state index contributed by atoms with van der Waals surface area (Å²) in [5, 5.41) is 5.89. The first kappa shape index (κ1) is 31.6. The first-order valence-corrected chi connectivity index (χ1v) is 18.3. The summed E-state index contributed by atoms with van der Waals surface area (Å²) in [6.07, 6.45) is 2.35. The van der Waals surface area contributed by atoms with Crippen molar-refractivity contribution in [2.24, 2.45) is 5.92 Å². The smallest absolute Gasteiger partial charge is 0.380 e. The van der Waals surface area contributed by atoms with E-state index in [9.17, 15) is 19.2 Å². The van der Waals surface area contributed by atoms with Crippen LogP contribution in [0, 0.1) is 5.92 Å². The molecule has 6 rings (SSSR count). The Morgan fingerprint density at radius 3 is 2.43 bits per heavy atom. The highest BCUT2D eigenvalue weighted by Crippen LogP contribution is 2.48. The highest BCUT2D eigenvalue weighted by molar-refractivity contribution is 7.69. The zero-order valence-corrected chi connectivity index (χ0v) is 27.4. The van der Waals surface area contributed by atoms with Crippen LogP contribution in [-0.4, -0.2) is 85.4 Å². The number of carbonyl (C=O) groups excluding carboxylic acids is 4. The molecule has 1 aliphatic carbocycles. The van der Waals surface area contributed by atoms with Gasteiger partial charge < -0.3 is 25.2 Å². The van der Waals surface area contributed by atoms with Gasteiger partial charge in [-0.15, -0.1) is 0 Å². The molecule has 12 heteroatoms. The van der Waals surface area contributed by atoms with Gasteiger partial charge in [0.1, 0.15) is 12.4 Å². The van der Waals surface area contributed by atoms with Crippen molar-refractivity contribution >= 4 is 42.8 Å². The van der Waals surface area contributed by atoms with Crippen LogP contribution in [0.5, 0.6) is 0 Å². The van der Waals surface area contributed by atoms with Gasteiger partial charge in [-0.25, -0.2) is 9.78 Å². The van der Waals surface area contributed by atoms with E-state index < -0.39 is 19.0 Å². The number of amides is 4. The minimum absolute atomic E-state index is 0.0591. The molecule has 2 aliphatic heterocycles. The van der Waals surface area contributed by atoms with Crippen molar-refractivity contribution in [2.45, 2.75) is 31.3 Å². The molecule has 1 aromatic heterocycles. The number of rotatable bonds is 9. The maximum atomic E-state index is 13.5. The Bertz CT molecular complexity index is 1700. The van der Waals surface area contributed by atoms with Crippen LogP contribution in [0.15, 0.2) is 60.8 Å². The van der Waals surface area contributed by atoms with Crippen LogP contribution in [0.2, 0.25) is 0 Å². The number of nitrogens with one attached hydrogen (secondary N) is 2. The SMILES string of the molecule is CN(Cc1ccccc1CN(CC(=O)Nc1ccc2c(c1)CC1(C2)C(=O)Nc2ncccc21)C(=O)C1COC1)C(=O)O[P+](C)(C)C. The van der Waals surface area contributed by atoms with E-state index in [4.69, 9.17) is 9.26 Å². The molecule has 240 valence electrons. The van der Waals surface area contributed by atoms with Crippen molar-refractivity contribution < 1.29 is 28.4 Å². The van der Waals surface area contributed by atoms with Crippen molar-refractivity contribution in [1.29, 1.82) is 0 Å². The third kappa shape index (κ3) is 6.48. The van der Waals surface area contributed by atoms with Gasteiger partial charge in [-0.05, 0) is 53.3 Å². The number of ether oxygens (including phenoxy) is 1. The molecule has 0 bridgehead atoms. The van der Waals surface area contributed by atoms with E-state index in [1.54, 1.807) is 18.1 Å². The van der Waals surface area contributed by atoms with Crippen molar-refractivity contribution in [3.63, 3.8) is 0 Å². The monoisotopic (exact) mass is 644 g/mol. The summed E-state index contributed by atoms with van der Waals surface area (Å²) in [7, 11) is -0.0950. The second kappa shape index (κ2) is 12.5. The summed E-state index contributed by atoms with van der Waals surface area (Å²) in [6, 6.07) is 17.1. The van der Waals surface area contributed by atoms with Gasteiger partial charge in [0.2, 0.25) is 17.7 Å². The topological polar surface area (TPSA) is 130 Å². The number of benzene rings is 2. The summed E-state index contributed by atoms with van der Waals surface area (Å²) in [4.78, 5) is 60.0. The molecule has 3 heterocycles. The molecule has 3 aromatic rings. The number of carbonyl (C=O) groups is 4. The quantitative estimate of drug-likeness (QED) is 0.336. The Hall–Kier alpha value is -4.34. The fraction of sp³-hybridized carbons (Fsp3) is 0.382. The molecular weight excluding hydrogens is 605 g/mol. The van der Waals surface area contributed by atoms with Gasteiger partial charge in [-0.3, -0.25) is 18.9 Å². The molecule has 2 N–H and O–H groups in total. The van der Waals surface area contributed by atoms with E-state index in [1.165, 1.54) is 4.90 Å². The van der Waals surface area contributed by atoms with Gasteiger partial charge in [-0.1, -0.05) is 36.4 Å². The Morgan fingerprint density at radius 2 is 1.74 bits per heavy atom. The standard InChI is InChI=1S/C34H38N5O6P/c1-38(33(43)45-46(2,3)4)17-23-8-5-6-9-24(23)18-39(31(41)26-20-44-21-26)19-29(40)36-27-12-11-22-15-34(16-25(22)14-27)28-10-7-13-35-30(28)37-32(34)42/h5-14,26H,15-21H2,1-4H3,(H-,35,36,37,40,42)/p+1. The lowest BCUT2D eigenvalue weighted by Crippen LogP contribution is -2.47. The number of fused-ring (bicyclic) bond motifs is 3. The maximum absolute atomic E-state index is 13.5. The van der Waals surface area contributed by atoms with Gasteiger partial charge in [0.15, 0.2) is 7.49 Å². The van der Waals surface area contributed by atoms with E-state index in [-0.39, 0.29) is 36.7 Å². The first-order valence-electron chi connectivity index (χ1n) is 15.3. The summed E-state index contributed by atoms with van der Waals surface area (Å²) in [6.45, 7) is 6.76. The van der Waals surface area contributed by atoms with Crippen LogP contribution in [0.25, 0.3) is 0 Å². The Morgan fingerprint density at radius 1 is 1.02 bits per heavy atom. The van der Waals surface area contributed by atoms with Crippen LogP contribution in [0.1, 0.15) is 27.8 Å². The van der Waals surface area contributed by atoms with Crippen LogP contribution in [-0.2, 0) is 55.0 Å². The number of aromatic nitrogens is 1. The molecule has 0 radical (unpaired) electrons. The minimum Gasteiger partial charge on any atom is -0.380 e. The fourth-order valence-electron chi connectivity index (χ4n) is 6.26. The molecule has 0 saturated carbocycles. The summed E-state index contributed by atoms with van der Waals surface area (Å²) in [5.41, 5.74) is 4.55. The summed E-state index contributed by atoms with van der Waals surface area (Å²) >= 11 is 0. The van der Waals surface area contributed by atoms with Gasteiger partial charge in [-0.2, -0.15) is 0 Å². The largest absolute Gasteiger partial charge is 0.447 e. The van der Waals surface area contributed by atoms with Gasteiger partial charge in [0.05, 0.1) is 44.5 Å². The van der Waals surface area contributed by atoms with Crippen molar-refractivity contribution in [2.75, 3.05) is 57.4 Å². The normalized spacial score (nSPS) is 18.3. The molecule has 2 aromatic carbocycles. The number of anilines is 2.